The van der Waals surface area contributed by atoms with Crippen molar-refractivity contribution in [2.75, 3.05) is 57.9 Å². The summed E-state index contributed by atoms with van der Waals surface area (Å²) < 4.78 is 44.2. The first-order chi connectivity index (χ1) is 16.3. The van der Waals surface area contributed by atoms with Gasteiger partial charge in [0.15, 0.2) is 11.5 Å². The summed E-state index contributed by atoms with van der Waals surface area (Å²) >= 11 is 0. The number of ether oxygens (including phenoxy) is 3. The van der Waals surface area contributed by atoms with Gasteiger partial charge in [-0.3, -0.25) is 9.69 Å². The first kappa shape index (κ1) is 24.3. The van der Waals surface area contributed by atoms with Gasteiger partial charge in [0, 0.05) is 51.4 Å². The normalized spacial score (nSPS) is 17.7. The van der Waals surface area contributed by atoms with E-state index < -0.39 is 16.1 Å². The molecule has 11 heteroatoms. The number of β-amino-alcohol motifs (C(OH)–C–C–N with tert-alkyl or cyclic N) is 1. The van der Waals surface area contributed by atoms with Gasteiger partial charge in [-0.15, -0.1) is 0 Å². The summed E-state index contributed by atoms with van der Waals surface area (Å²) in [5.41, 5.74) is 0.671. The molecule has 10 nitrogen and oxygen atoms in total. The highest BCUT2D eigenvalue weighted by molar-refractivity contribution is 7.89. The lowest BCUT2D eigenvalue weighted by Gasteiger charge is -2.35. The van der Waals surface area contributed by atoms with Crippen LogP contribution < -0.4 is 19.5 Å². The van der Waals surface area contributed by atoms with Gasteiger partial charge in [0.25, 0.3) is 0 Å². The predicted octanol–water partition coefficient (Wildman–Crippen LogP) is 1.16. The van der Waals surface area contributed by atoms with Crippen molar-refractivity contribution in [3.63, 3.8) is 0 Å². The van der Waals surface area contributed by atoms with Crippen molar-refractivity contribution in [3.05, 3.63) is 42.5 Å². The Morgan fingerprint density at radius 2 is 1.74 bits per heavy atom. The number of hydrogen-bond donors (Lipinski definition) is 2. The van der Waals surface area contributed by atoms with Crippen molar-refractivity contribution >= 4 is 21.6 Å². The summed E-state index contributed by atoms with van der Waals surface area (Å²) in [6.07, 6.45) is -0.726. The van der Waals surface area contributed by atoms with E-state index >= 15 is 0 Å². The Labute approximate surface area is 199 Å². The van der Waals surface area contributed by atoms with Gasteiger partial charge in [-0.25, -0.2) is 8.42 Å². The van der Waals surface area contributed by atoms with Gasteiger partial charge in [-0.1, -0.05) is 0 Å². The Morgan fingerprint density at radius 3 is 2.41 bits per heavy atom. The summed E-state index contributed by atoms with van der Waals surface area (Å²) in [7, 11) is -3.65. The van der Waals surface area contributed by atoms with Crippen LogP contribution >= 0.6 is 0 Å². The summed E-state index contributed by atoms with van der Waals surface area (Å²) in [6, 6.07) is 11.6. The van der Waals surface area contributed by atoms with E-state index in [1.807, 2.05) is 4.90 Å². The van der Waals surface area contributed by atoms with Crippen LogP contribution in [0, 0.1) is 0 Å². The Balaban J connectivity index is 1.24. The third-order valence-corrected chi connectivity index (χ3v) is 7.46. The van der Waals surface area contributed by atoms with E-state index in [1.165, 1.54) is 17.3 Å². The molecule has 4 rings (SSSR count). The van der Waals surface area contributed by atoms with E-state index in [-0.39, 0.29) is 17.4 Å². The molecule has 0 aromatic heterocycles. The zero-order valence-corrected chi connectivity index (χ0v) is 19.8. The fourth-order valence-electron chi connectivity index (χ4n) is 3.87. The third-order valence-electron chi connectivity index (χ3n) is 5.57. The Morgan fingerprint density at radius 1 is 1.06 bits per heavy atom. The van der Waals surface area contributed by atoms with Crippen LogP contribution in [0.25, 0.3) is 0 Å². The molecule has 2 aromatic carbocycles. The zero-order chi connectivity index (χ0) is 24.1. The van der Waals surface area contributed by atoms with E-state index in [4.69, 9.17) is 14.2 Å². The molecule has 0 radical (unpaired) electrons. The number of aliphatic hydroxyl groups excluding tert-OH is 1. The zero-order valence-electron chi connectivity index (χ0n) is 19.0. The lowest BCUT2D eigenvalue weighted by atomic mass is 10.3. The van der Waals surface area contributed by atoms with Crippen LogP contribution in [-0.4, -0.2) is 87.3 Å². The van der Waals surface area contributed by atoms with Crippen LogP contribution in [-0.2, 0) is 14.8 Å². The average molecular weight is 492 g/mol. The quantitative estimate of drug-likeness (QED) is 0.565. The van der Waals surface area contributed by atoms with Crippen molar-refractivity contribution < 1.29 is 32.5 Å². The smallest absolute Gasteiger partial charge is 0.243 e. The fourth-order valence-corrected chi connectivity index (χ4v) is 5.30. The van der Waals surface area contributed by atoms with Crippen LogP contribution in [0.4, 0.5) is 5.69 Å². The largest absolute Gasteiger partial charge is 0.491 e. The number of carbonyl (C=O) groups excluding carboxylic acids is 1. The average Bonchev–Trinajstić information content (AvgIpc) is 2.83. The third kappa shape index (κ3) is 5.98. The molecule has 2 heterocycles. The van der Waals surface area contributed by atoms with Crippen molar-refractivity contribution in [3.8, 4) is 17.2 Å². The number of hydrogen-bond acceptors (Lipinski definition) is 8. The van der Waals surface area contributed by atoms with Crippen molar-refractivity contribution in [2.24, 2.45) is 0 Å². The second-order valence-electron chi connectivity index (χ2n) is 8.18. The van der Waals surface area contributed by atoms with E-state index in [9.17, 15) is 18.3 Å². The molecule has 2 N–H and O–H groups in total. The molecule has 1 amide bonds. The fraction of sp³-hybridized carbons (Fsp3) is 0.435. The molecule has 34 heavy (non-hydrogen) atoms. The lowest BCUT2D eigenvalue weighted by Crippen LogP contribution is -2.50. The SMILES string of the molecule is CC(=O)Nc1ccc(OCC(O)CN2CCN(S(=O)(=O)c3ccc4c(c3)OCCO4)CC2)cc1. The number of benzene rings is 2. The van der Waals surface area contributed by atoms with E-state index in [0.29, 0.717) is 68.9 Å². The molecule has 2 aliphatic heterocycles. The topological polar surface area (TPSA) is 118 Å². The number of sulfonamides is 1. The molecule has 1 saturated heterocycles. The molecule has 0 aliphatic carbocycles. The molecule has 0 saturated carbocycles. The molecular weight excluding hydrogens is 462 g/mol. The molecule has 1 fully saturated rings. The molecule has 0 bridgehead atoms. The maximum absolute atomic E-state index is 13.1. The second kappa shape index (κ2) is 10.6. The molecule has 184 valence electrons. The minimum atomic E-state index is -3.65. The van der Waals surface area contributed by atoms with Gasteiger partial charge in [0.2, 0.25) is 15.9 Å². The van der Waals surface area contributed by atoms with E-state index in [2.05, 4.69) is 5.32 Å². The van der Waals surface area contributed by atoms with Crippen LogP contribution in [0.1, 0.15) is 6.92 Å². The minimum Gasteiger partial charge on any atom is -0.491 e. The number of amides is 1. The number of piperazine rings is 1. The number of carbonyl (C=O) groups is 1. The molecule has 1 unspecified atom stereocenters. The van der Waals surface area contributed by atoms with Crippen molar-refractivity contribution in [2.45, 2.75) is 17.9 Å². The number of fused-ring (bicyclic) bond motifs is 1. The highest BCUT2D eigenvalue weighted by Crippen LogP contribution is 2.33. The number of nitrogens with zero attached hydrogens (tertiary/aromatic N) is 2. The van der Waals surface area contributed by atoms with Crippen LogP contribution in [0.5, 0.6) is 17.2 Å². The Bertz CT molecular complexity index is 1100. The number of nitrogens with one attached hydrogen (secondary N) is 1. The summed E-state index contributed by atoms with van der Waals surface area (Å²) in [5.74, 6) is 1.43. The number of anilines is 1. The van der Waals surface area contributed by atoms with Gasteiger partial charge in [-0.05, 0) is 36.4 Å². The number of aliphatic hydroxyl groups is 1. The minimum absolute atomic E-state index is 0.106. The molecule has 0 spiro atoms. The Kier molecular flexibility index (Phi) is 7.57. The monoisotopic (exact) mass is 491 g/mol. The van der Waals surface area contributed by atoms with Gasteiger partial charge in [0.05, 0.1) is 4.90 Å². The van der Waals surface area contributed by atoms with E-state index in [1.54, 1.807) is 36.4 Å². The van der Waals surface area contributed by atoms with E-state index in [0.717, 1.165) is 0 Å². The standard InChI is InChI=1S/C23H29N3O7S/c1-17(27)24-18-2-4-20(5-3-18)33-16-19(28)15-25-8-10-26(11-9-25)34(29,30)21-6-7-22-23(14-21)32-13-12-31-22/h2-7,14,19,28H,8-13,15-16H2,1H3,(H,24,27). The molecule has 2 aliphatic rings. The maximum atomic E-state index is 13.1. The van der Waals surface area contributed by atoms with Gasteiger partial charge in [0.1, 0.15) is 31.7 Å². The van der Waals surface area contributed by atoms with Crippen molar-refractivity contribution in [1.29, 1.82) is 0 Å². The molecule has 1 atom stereocenters. The summed E-state index contributed by atoms with van der Waals surface area (Å²) in [4.78, 5) is 13.3. The van der Waals surface area contributed by atoms with Crippen molar-refractivity contribution in [1.82, 2.24) is 9.21 Å². The lowest BCUT2D eigenvalue weighted by molar-refractivity contribution is -0.114. The van der Waals surface area contributed by atoms with Gasteiger partial charge >= 0.3 is 0 Å². The first-order valence-electron chi connectivity index (χ1n) is 11.1. The van der Waals surface area contributed by atoms with Crippen LogP contribution in [0.2, 0.25) is 0 Å². The van der Waals surface area contributed by atoms with Crippen LogP contribution in [0.15, 0.2) is 47.4 Å². The molecular formula is C23H29N3O7S. The van der Waals surface area contributed by atoms with Crippen LogP contribution in [0.3, 0.4) is 0 Å². The highest BCUT2D eigenvalue weighted by Gasteiger charge is 2.30. The first-order valence-corrected chi connectivity index (χ1v) is 12.6. The number of rotatable bonds is 8. The second-order valence-corrected chi connectivity index (χ2v) is 10.1. The maximum Gasteiger partial charge on any atom is 0.243 e. The van der Waals surface area contributed by atoms with Gasteiger partial charge in [-0.2, -0.15) is 4.31 Å². The predicted molar refractivity (Wildman–Crippen MR) is 125 cm³/mol. The molecule has 2 aromatic rings. The Hall–Kier alpha value is -2.86. The highest BCUT2D eigenvalue weighted by atomic mass is 32.2. The summed E-state index contributed by atoms with van der Waals surface area (Å²) in [5, 5.41) is 13.1. The summed E-state index contributed by atoms with van der Waals surface area (Å²) in [6.45, 7) is 4.43. The van der Waals surface area contributed by atoms with Gasteiger partial charge < -0.3 is 24.6 Å².